The van der Waals surface area contributed by atoms with E-state index in [-0.39, 0.29) is 6.17 Å². The minimum atomic E-state index is 0.0204. The normalized spacial score (nSPS) is 28.3. The molecule has 90 valence electrons. The number of likely N-dealkylation sites (tertiary alicyclic amines) is 1. The fraction of sp³-hybridized carbons (Fsp3) is 0.667. The molecule has 2 aliphatic heterocycles. The minimum absolute atomic E-state index is 0.0204. The number of nitrogens with two attached hydrogens (primary N) is 2. The van der Waals surface area contributed by atoms with Crippen LogP contribution in [0.3, 0.4) is 0 Å². The highest BCUT2D eigenvalue weighted by Crippen LogP contribution is 2.15. The molecule has 0 spiro atoms. The van der Waals surface area contributed by atoms with E-state index < -0.39 is 0 Å². The van der Waals surface area contributed by atoms with Crippen LogP contribution in [0.2, 0.25) is 0 Å². The Morgan fingerprint density at radius 2 is 2.00 bits per heavy atom. The average Bonchev–Trinajstić information content (AvgIpc) is 2.28. The molecule has 0 aromatic rings. The van der Waals surface area contributed by atoms with E-state index in [1.807, 2.05) is 6.08 Å². The molecule has 1 atom stereocenters. The SMILES string of the molecule is CN1C(CN2CCC(N)CC2)=CC=CC1N. The Morgan fingerprint density at radius 3 is 2.69 bits per heavy atom. The number of nitrogens with zero attached hydrogens (tertiary/aromatic N) is 2. The van der Waals surface area contributed by atoms with Gasteiger partial charge in [-0.3, -0.25) is 4.90 Å². The molecule has 4 nitrogen and oxygen atoms in total. The Hall–Kier alpha value is -0.840. The maximum Gasteiger partial charge on any atom is 0.0959 e. The van der Waals surface area contributed by atoms with Gasteiger partial charge in [0.2, 0.25) is 0 Å². The quantitative estimate of drug-likeness (QED) is 0.695. The van der Waals surface area contributed by atoms with Crippen LogP contribution in [0.4, 0.5) is 0 Å². The second kappa shape index (κ2) is 4.99. The van der Waals surface area contributed by atoms with Crippen LogP contribution < -0.4 is 11.5 Å². The Balaban J connectivity index is 1.89. The highest BCUT2D eigenvalue weighted by atomic mass is 15.2. The fourth-order valence-corrected chi connectivity index (χ4v) is 2.22. The number of allylic oxidation sites excluding steroid dienone is 2. The van der Waals surface area contributed by atoms with Crippen molar-refractivity contribution in [3.05, 3.63) is 23.9 Å². The molecule has 0 aromatic carbocycles. The Kier molecular flexibility index (Phi) is 3.63. The zero-order chi connectivity index (χ0) is 11.5. The van der Waals surface area contributed by atoms with Crippen LogP contribution in [0.15, 0.2) is 23.9 Å². The Labute approximate surface area is 97.6 Å². The molecular weight excluding hydrogens is 200 g/mol. The summed E-state index contributed by atoms with van der Waals surface area (Å²) in [4.78, 5) is 4.59. The van der Waals surface area contributed by atoms with E-state index in [0.717, 1.165) is 32.5 Å². The summed E-state index contributed by atoms with van der Waals surface area (Å²) in [6.07, 6.45) is 8.45. The number of piperidine rings is 1. The second-order valence-electron chi connectivity index (χ2n) is 4.76. The van der Waals surface area contributed by atoms with Gasteiger partial charge in [0.25, 0.3) is 0 Å². The van der Waals surface area contributed by atoms with Crippen molar-refractivity contribution in [2.45, 2.75) is 25.0 Å². The summed E-state index contributed by atoms with van der Waals surface area (Å²) < 4.78 is 0. The molecule has 2 heterocycles. The molecule has 1 fully saturated rings. The lowest BCUT2D eigenvalue weighted by molar-refractivity contribution is 0.205. The summed E-state index contributed by atoms with van der Waals surface area (Å²) >= 11 is 0. The second-order valence-corrected chi connectivity index (χ2v) is 4.76. The predicted molar refractivity (Wildman–Crippen MR) is 66.6 cm³/mol. The first-order valence-electron chi connectivity index (χ1n) is 6.00. The molecule has 4 heteroatoms. The standard InChI is InChI=1S/C12H22N4/c1-15-11(3-2-4-12(15)14)9-16-7-5-10(13)6-8-16/h2-4,10,12H,5-9,13-14H2,1H3. The fourth-order valence-electron chi connectivity index (χ4n) is 2.22. The summed E-state index contributed by atoms with van der Waals surface area (Å²) in [5, 5.41) is 0. The Morgan fingerprint density at radius 1 is 1.31 bits per heavy atom. The van der Waals surface area contributed by atoms with Gasteiger partial charge in [-0.25, -0.2) is 0 Å². The Bertz CT molecular complexity index is 289. The topological polar surface area (TPSA) is 58.5 Å². The lowest BCUT2D eigenvalue weighted by Crippen LogP contribution is -2.45. The van der Waals surface area contributed by atoms with Gasteiger partial charge in [0.1, 0.15) is 0 Å². The molecular formula is C12H22N4. The zero-order valence-electron chi connectivity index (χ0n) is 9.97. The number of likely N-dealkylation sites (N-methyl/N-ethyl adjacent to an activating group) is 1. The van der Waals surface area contributed by atoms with Crippen LogP contribution in [-0.4, -0.2) is 48.7 Å². The summed E-state index contributed by atoms with van der Waals surface area (Å²) in [5.41, 5.74) is 13.1. The van der Waals surface area contributed by atoms with Gasteiger partial charge in [-0.1, -0.05) is 6.08 Å². The maximum atomic E-state index is 5.96. The molecule has 0 saturated carbocycles. The summed E-state index contributed by atoms with van der Waals surface area (Å²) in [6, 6.07) is 0.400. The maximum absolute atomic E-state index is 5.96. The molecule has 16 heavy (non-hydrogen) atoms. The number of rotatable bonds is 2. The van der Waals surface area contributed by atoms with Crippen LogP contribution in [-0.2, 0) is 0 Å². The summed E-state index contributed by atoms with van der Waals surface area (Å²) in [6.45, 7) is 3.19. The van der Waals surface area contributed by atoms with Crippen molar-refractivity contribution in [2.24, 2.45) is 11.5 Å². The van der Waals surface area contributed by atoms with E-state index in [1.165, 1.54) is 5.70 Å². The first-order chi connectivity index (χ1) is 7.66. The summed E-state index contributed by atoms with van der Waals surface area (Å²) in [7, 11) is 2.05. The monoisotopic (exact) mass is 222 g/mol. The third kappa shape index (κ3) is 2.64. The van der Waals surface area contributed by atoms with Crippen LogP contribution in [0, 0.1) is 0 Å². The van der Waals surface area contributed by atoms with Gasteiger partial charge in [-0.2, -0.15) is 0 Å². The molecule has 2 rings (SSSR count). The zero-order valence-corrected chi connectivity index (χ0v) is 9.97. The third-order valence-corrected chi connectivity index (χ3v) is 3.51. The van der Waals surface area contributed by atoms with Gasteiger partial charge >= 0.3 is 0 Å². The van der Waals surface area contributed by atoms with E-state index in [0.29, 0.717) is 6.04 Å². The lowest BCUT2D eigenvalue weighted by atomic mass is 10.1. The first-order valence-corrected chi connectivity index (χ1v) is 6.00. The molecule has 0 aliphatic carbocycles. The van der Waals surface area contributed by atoms with Crippen molar-refractivity contribution in [3.63, 3.8) is 0 Å². The third-order valence-electron chi connectivity index (χ3n) is 3.51. The van der Waals surface area contributed by atoms with E-state index in [4.69, 9.17) is 11.5 Å². The van der Waals surface area contributed by atoms with Crippen molar-refractivity contribution in [2.75, 3.05) is 26.7 Å². The van der Waals surface area contributed by atoms with Crippen molar-refractivity contribution < 1.29 is 0 Å². The molecule has 0 radical (unpaired) electrons. The van der Waals surface area contributed by atoms with E-state index in [9.17, 15) is 0 Å². The molecule has 0 aromatic heterocycles. The average molecular weight is 222 g/mol. The van der Waals surface area contributed by atoms with Crippen molar-refractivity contribution in [1.29, 1.82) is 0 Å². The van der Waals surface area contributed by atoms with E-state index >= 15 is 0 Å². The van der Waals surface area contributed by atoms with Gasteiger partial charge < -0.3 is 16.4 Å². The number of hydrogen-bond donors (Lipinski definition) is 2. The van der Waals surface area contributed by atoms with Crippen LogP contribution in [0.25, 0.3) is 0 Å². The smallest absolute Gasteiger partial charge is 0.0959 e. The number of hydrogen-bond acceptors (Lipinski definition) is 4. The highest BCUT2D eigenvalue weighted by Gasteiger charge is 2.20. The van der Waals surface area contributed by atoms with Crippen LogP contribution in [0.1, 0.15) is 12.8 Å². The predicted octanol–water partition coefficient (Wildman–Crippen LogP) is 0.0798. The molecule has 0 bridgehead atoms. The van der Waals surface area contributed by atoms with Gasteiger partial charge in [0.05, 0.1) is 6.17 Å². The molecule has 0 amide bonds. The lowest BCUT2D eigenvalue weighted by Gasteiger charge is -2.35. The molecule has 2 aliphatic rings. The minimum Gasteiger partial charge on any atom is -0.358 e. The summed E-state index contributed by atoms with van der Waals surface area (Å²) in [5.74, 6) is 0. The van der Waals surface area contributed by atoms with E-state index in [2.05, 4.69) is 29.0 Å². The molecule has 1 saturated heterocycles. The first kappa shape index (κ1) is 11.6. The molecule has 1 unspecified atom stereocenters. The van der Waals surface area contributed by atoms with Crippen LogP contribution >= 0.6 is 0 Å². The van der Waals surface area contributed by atoms with Gasteiger partial charge in [0, 0.05) is 38.4 Å². The van der Waals surface area contributed by atoms with Crippen molar-refractivity contribution >= 4 is 0 Å². The largest absolute Gasteiger partial charge is 0.358 e. The van der Waals surface area contributed by atoms with Gasteiger partial charge in [-0.05, 0) is 25.0 Å². The van der Waals surface area contributed by atoms with E-state index in [1.54, 1.807) is 0 Å². The van der Waals surface area contributed by atoms with Gasteiger partial charge in [-0.15, -0.1) is 0 Å². The van der Waals surface area contributed by atoms with Gasteiger partial charge in [0.15, 0.2) is 0 Å². The van der Waals surface area contributed by atoms with Crippen molar-refractivity contribution in [1.82, 2.24) is 9.80 Å². The highest BCUT2D eigenvalue weighted by molar-refractivity contribution is 5.20. The van der Waals surface area contributed by atoms with Crippen molar-refractivity contribution in [3.8, 4) is 0 Å². The molecule has 4 N–H and O–H groups in total. The van der Waals surface area contributed by atoms with Crippen LogP contribution in [0.5, 0.6) is 0 Å².